The minimum absolute atomic E-state index is 0.140. The summed E-state index contributed by atoms with van der Waals surface area (Å²) in [5.41, 5.74) is 0.155. The molecular weight excluding hydrogens is 242 g/mol. The molecule has 2 N–H and O–H groups in total. The van der Waals surface area contributed by atoms with Crippen molar-refractivity contribution >= 4 is 11.8 Å². The van der Waals surface area contributed by atoms with E-state index in [2.05, 4.69) is 10.6 Å². The van der Waals surface area contributed by atoms with Crippen LogP contribution < -0.4 is 10.6 Å². The first-order valence-electron chi connectivity index (χ1n) is 5.91. The monoisotopic (exact) mass is 259 g/mol. The Morgan fingerprint density at radius 2 is 2.05 bits per heavy atom. The Kier molecular flexibility index (Phi) is 4.65. The number of hydrogen-bond acceptors (Lipinski definition) is 3. The normalized spacial score (nSPS) is 10.4. The van der Waals surface area contributed by atoms with Gasteiger partial charge in [-0.15, -0.1) is 0 Å². The van der Waals surface area contributed by atoms with Crippen LogP contribution in [-0.2, 0) is 4.79 Å². The lowest BCUT2D eigenvalue weighted by Crippen LogP contribution is -2.43. The molecule has 0 aliphatic carbocycles. The minimum atomic E-state index is -0.683. The van der Waals surface area contributed by atoms with Gasteiger partial charge in [0.1, 0.15) is 0 Å². The molecule has 0 aliphatic heterocycles. The second-order valence-electron chi connectivity index (χ2n) is 4.84. The molecule has 19 heavy (non-hydrogen) atoms. The summed E-state index contributed by atoms with van der Waals surface area (Å²) in [5, 5.41) is 14.0. The maximum absolute atomic E-state index is 11.9. The first-order valence-corrected chi connectivity index (χ1v) is 5.91. The third-order valence-electron chi connectivity index (χ3n) is 2.79. The van der Waals surface area contributed by atoms with Crippen LogP contribution in [0.2, 0.25) is 0 Å². The zero-order valence-corrected chi connectivity index (χ0v) is 11.3. The molecule has 0 saturated heterocycles. The van der Waals surface area contributed by atoms with Crippen molar-refractivity contribution in [2.24, 2.45) is 5.41 Å². The topological polar surface area (TPSA) is 82.0 Å². The molecule has 0 fully saturated rings. The number of hydrogen-bond donors (Lipinski definition) is 2. The summed E-state index contributed by atoms with van der Waals surface area (Å²) in [6.45, 7) is 3.72. The molecule has 0 bridgehead atoms. The molecule has 1 aromatic carbocycles. The molecule has 0 aliphatic rings. The predicted octanol–water partition coefficient (Wildman–Crippen LogP) is 1.06. The van der Waals surface area contributed by atoms with E-state index in [1.54, 1.807) is 39.1 Å². The van der Waals surface area contributed by atoms with Crippen molar-refractivity contribution in [3.8, 4) is 6.07 Å². The van der Waals surface area contributed by atoms with Gasteiger partial charge in [-0.1, -0.05) is 6.07 Å². The minimum Gasteiger partial charge on any atom is -0.359 e. The average molecular weight is 259 g/mol. The van der Waals surface area contributed by atoms with Crippen LogP contribution in [0, 0.1) is 16.7 Å². The van der Waals surface area contributed by atoms with Crippen molar-refractivity contribution in [3.63, 3.8) is 0 Å². The number of carbonyl (C=O) groups excluding carboxylic acids is 2. The summed E-state index contributed by atoms with van der Waals surface area (Å²) in [7, 11) is 1.56. The number of nitriles is 1. The van der Waals surface area contributed by atoms with Gasteiger partial charge in [-0.3, -0.25) is 9.59 Å². The fourth-order valence-corrected chi connectivity index (χ4v) is 1.55. The summed E-state index contributed by atoms with van der Waals surface area (Å²) in [6, 6.07) is 8.40. The van der Waals surface area contributed by atoms with E-state index in [0.29, 0.717) is 11.1 Å². The summed E-state index contributed by atoms with van der Waals surface area (Å²) >= 11 is 0. The Morgan fingerprint density at radius 3 is 2.63 bits per heavy atom. The van der Waals surface area contributed by atoms with Gasteiger partial charge in [0.15, 0.2) is 0 Å². The molecule has 0 aromatic heterocycles. The van der Waals surface area contributed by atoms with Gasteiger partial charge >= 0.3 is 0 Å². The van der Waals surface area contributed by atoms with Gasteiger partial charge in [0.25, 0.3) is 5.91 Å². The molecule has 0 spiro atoms. The Morgan fingerprint density at radius 1 is 1.37 bits per heavy atom. The first kappa shape index (κ1) is 14.7. The van der Waals surface area contributed by atoms with Gasteiger partial charge in [0.2, 0.25) is 5.91 Å². The second-order valence-corrected chi connectivity index (χ2v) is 4.84. The molecule has 0 heterocycles. The Hall–Kier alpha value is -2.35. The number of amides is 2. The third-order valence-corrected chi connectivity index (χ3v) is 2.79. The van der Waals surface area contributed by atoms with Crippen LogP contribution in [0.25, 0.3) is 0 Å². The van der Waals surface area contributed by atoms with Crippen molar-refractivity contribution in [2.45, 2.75) is 13.8 Å². The Labute approximate surface area is 112 Å². The van der Waals surface area contributed by atoms with Crippen LogP contribution in [-0.4, -0.2) is 25.4 Å². The number of benzene rings is 1. The highest BCUT2D eigenvalue weighted by molar-refractivity contribution is 5.95. The molecule has 5 nitrogen and oxygen atoms in total. The molecule has 2 amide bonds. The molecule has 0 radical (unpaired) electrons. The smallest absolute Gasteiger partial charge is 0.251 e. The van der Waals surface area contributed by atoms with Crippen molar-refractivity contribution in [1.29, 1.82) is 5.26 Å². The summed E-state index contributed by atoms with van der Waals surface area (Å²) < 4.78 is 0. The number of nitrogens with zero attached hydrogens (tertiary/aromatic N) is 1. The lowest BCUT2D eigenvalue weighted by Gasteiger charge is -2.22. The van der Waals surface area contributed by atoms with Crippen molar-refractivity contribution in [3.05, 3.63) is 35.4 Å². The van der Waals surface area contributed by atoms with Gasteiger partial charge < -0.3 is 10.6 Å². The molecule has 100 valence electrons. The van der Waals surface area contributed by atoms with E-state index in [4.69, 9.17) is 5.26 Å². The largest absolute Gasteiger partial charge is 0.359 e. The van der Waals surface area contributed by atoms with Crippen molar-refractivity contribution < 1.29 is 9.59 Å². The van der Waals surface area contributed by atoms with E-state index in [1.165, 1.54) is 6.07 Å². The van der Waals surface area contributed by atoms with Crippen molar-refractivity contribution in [1.82, 2.24) is 10.6 Å². The summed E-state index contributed by atoms with van der Waals surface area (Å²) in [5.74, 6) is -0.437. The lowest BCUT2D eigenvalue weighted by molar-refractivity contribution is -0.128. The fourth-order valence-electron chi connectivity index (χ4n) is 1.55. The van der Waals surface area contributed by atoms with E-state index in [1.807, 2.05) is 6.07 Å². The number of nitrogens with one attached hydrogen (secondary N) is 2. The van der Waals surface area contributed by atoms with Crippen LogP contribution in [0.15, 0.2) is 24.3 Å². The highest BCUT2D eigenvalue weighted by atomic mass is 16.2. The fraction of sp³-hybridized carbons (Fsp3) is 0.357. The second kappa shape index (κ2) is 6.01. The zero-order valence-electron chi connectivity index (χ0n) is 11.3. The zero-order chi connectivity index (χ0) is 14.5. The summed E-state index contributed by atoms with van der Waals surface area (Å²) in [6.07, 6.45) is 0. The van der Waals surface area contributed by atoms with E-state index >= 15 is 0 Å². The first-order chi connectivity index (χ1) is 8.90. The van der Waals surface area contributed by atoms with E-state index in [9.17, 15) is 9.59 Å². The number of carbonyl (C=O) groups is 2. The molecular formula is C14H17N3O2. The van der Waals surface area contributed by atoms with E-state index < -0.39 is 5.41 Å². The van der Waals surface area contributed by atoms with E-state index in [0.717, 1.165) is 0 Å². The number of rotatable bonds is 4. The maximum Gasteiger partial charge on any atom is 0.251 e. The van der Waals surface area contributed by atoms with Crippen molar-refractivity contribution in [2.75, 3.05) is 13.6 Å². The SMILES string of the molecule is CNC(=O)C(C)(C)CNC(=O)c1cccc(C#N)c1. The van der Waals surface area contributed by atoms with Crippen LogP contribution in [0.4, 0.5) is 0 Å². The average Bonchev–Trinajstić information content (AvgIpc) is 2.43. The predicted molar refractivity (Wildman–Crippen MR) is 71.3 cm³/mol. The van der Waals surface area contributed by atoms with Crippen LogP contribution >= 0.6 is 0 Å². The quantitative estimate of drug-likeness (QED) is 0.848. The Bertz CT molecular complexity index is 530. The Balaban J connectivity index is 2.71. The standard InChI is InChI=1S/C14H17N3O2/c1-14(2,13(19)16-3)9-17-12(18)11-6-4-5-10(7-11)8-15/h4-7H,9H2,1-3H3,(H,16,19)(H,17,18). The third kappa shape index (κ3) is 3.81. The molecule has 0 saturated carbocycles. The molecule has 0 atom stereocenters. The van der Waals surface area contributed by atoms with Gasteiger partial charge in [0, 0.05) is 19.2 Å². The molecule has 5 heteroatoms. The summed E-state index contributed by atoms with van der Waals surface area (Å²) in [4.78, 5) is 23.5. The van der Waals surface area contributed by atoms with Crippen LogP contribution in [0.1, 0.15) is 29.8 Å². The molecule has 1 rings (SSSR count). The van der Waals surface area contributed by atoms with Gasteiger partial charge in [0.05, 0.1) is 17.0 Å². The molecule has 0 unspecified atom stereocenters. The van der Waals surface area contributed by atoms with Gasteiger partial charge in [-0.05, 0) is 32.0 Å². The van der Waals surface area contributed by atoms with Crippen LogP contribution in [0.3, 0.4) is 0 Å². The van der Waals surface area contributed by atoms with Gasteiger partial charge in [-0.2, -0.15) is 5.26 Å². The van der Waals surface area contributed by atoms with E-state index in [-0.39, 0.29) is 18.4 Å². The van der Waals surface area contributed by atoms with Gasteiger partial charge in [-0.25, -0.2) is 0 Å². The lowest BCUT2D eigenvalue weighted by atomic mass is 9.92. The molecule has 1 aromatic rings. The van der Waals surface area contributed by atoms with Crippen LogP contribution in [0.5, 0.6) is 0 Å². The maximum atomic E-state index is 11.9. The highest BCUT2D eigenvalue weighted by Crippen LogP contribution is 2.13. The highest BCUT2D eigenvalue weighted by Gasteiger charge is 2.27.